The maximum absolute atomic E-state index is 14.1. The highest BCUT2D eigenvalue weighted by Gasteiger charge is 2.63. The van der Waals surface area contributed by atoms with Crippen LogP contribution in [-0.2, 0) is 16.0 Å². The molecule has 0 radical (unpaired) electrons. The maximum Gasteiger partial charge on any atom is 0.323 e. The lowest BCUT2D eigenvalue weighted by molar-refractivity contribution is -0.387. The van der Waals surface area contributed by atoms with Crippen molar-refractivity contribution in [3.05, 3.63) is 74.0 Å². The van der Waals surface area contributed by atoms with E-state index in [4.69, 9.17) is 5.73 Å². The molecule has 4 atom stereocenters. The van der Waals surface area contributed by atoms with E-state index in [0.717, 1.165) is 18.2 Å². The van der Waals surface area contributed by atoms with Crippen LogP contribution in [0.15, 0.2) is 46.9 Å². The van der Waals surface area contributed by atoms with Crippen LogP contribution >= 0.6 is 0 Å². The highest BCUT2D eigenvalue weighted by Crippen LogP contribution is 2.54. The fourth-order valence-corrected chi connectivity index (χ4v) is 6.81. The van der Waals surface area contributed by atoms with Crippen LogP contribution in [0.3, 0.4) is 0 Å². The van der Waals surface area contributed by atoms with Gasteiger partial charge in [-0.05, 0) is 56.6 Å². The number of nitrogens with zero attached hydrogens (tertiary/aromatic N) is 3. The Bertz CT molecular complexity index is 1850. The van der Waals surface area contributed by atoms with E-state index in [1.807, 2.05) is 0 Å². The minimum absolute atomic E-state index is 0.0152. The molecule has 0 saturated heterocycles. The number of hydrogen-bond donors (Lipinski definition) is 7. The monoisotopic (exact) mass is 654 g/mol. The second-order valence-electron chi connectivity index (χ2n) is 12.0. The van der Waals surface area contributed by atoms with Crippen molar-refractivity contribution >= 4 is 46.3 Å². The molecule has 0 spiro atoms. The molecule has 3 amide bonds. The average Bonchev–Trinajstić information content (AvgIpc) is 2.96. The number of urea groups is 1. The molecule has 0 aromatic heterocycles. The first kappa shape index (κ1) is 32.8. The number of aliphatic hydroxyl groups excluding tert-OH is 2. The predicted molar refractivity (Wildman–Crippen MR) is 164 cm³/mol. The SMILES string of the molecule is CN(C)c1cc(NC(=O)Nc2ccc(F)c([N+](=O)[O-])c2)c(O)c2c1C[C@H]1C[C@H]3[C@H](N(C)C)C(O)=C(C(N)=O)C(=O)[C@@]3(O)C(O)=C1C2=O. The summed E-state index contributed by atoms with van der Waals surface area (Å²) in [5.41, 5.74) is 0.259. The number of carbonyl (C=O) groups is 4. The van der Waals surface area contributed by atoms with Crippen LogP contribution < -0.4 is 21.3 Å². The molecule has 3 aliphatic rings. The van der Waals surface area contributed by atoms with E-state index >= 15 is 0 Å². The topological polar surface area (TPSA) is 249 Å². The van der Waals surface area contributed by atoms with Gasteiger partial charge in [0.25, 0.3) is 5.91 Å². The first-order valence-electron chi connectivity index (χ1n) is 14.1. The zero-order valence-corrected chi connectivity index (χ0v) is 25.5. The average molecular weight is 655 g/mol. The Hall–Kier alpha value is -5.55. The Morgan fingerprint density at radius 1 is 1.11 bits per heavy atom. The first-order valence-corrected chi connectivity index (χ1v) is 14.1. The van der Waals surface area contributed by atoms with Crippen LogP contribution in [0.5, 0.6) is 5.75 Å². The van der Waals surface area contributed by atoms with Crippen molar-refractivity contribution in [2.24, 2.45) is 17.6 Å². The number of Topliss-reactive ketones (excluding diaryl/α,β-unsaturated/α-hetero) is 2. The van der Waals surface area contributed by atoms with Gasteiger partial charge in [0.1, 0.15) is 17.1 Å². The Morgan fingerprint density at radius 2 is 1.77 bits per heavy atom. The summed E-state index contributed by atoms with van der Waals surface area (Å²) in [6.45, 7) is 0. The summed E-state index contributed by atoms with van der Waals surface area (Å²) in [6.07, 6.45) is -0.0903. The molecule has 0 heterocycles. The molecule has 0 aliphatic heterocycles. The number of fused-ring (bicyclic) bond motifs is 3. The van der Waals surface area contributed by atoms with Gasteiger partial charge in [0.15, 0.2) is 17.1 Å². The number of benzene rings is 2. The number of nitrogens with one attached hydrogen (secondary N) is 2. The van der Waals surface area contributed by atoms with E-state index in [0.29, 0.717) is 11.3 Å². The lowest BCUT2D eigenvalue weighted by Gasteiger charge is -2.50. The number of carbonyl (C=O) groups excluding carboxylic acids is 4. The molecule has 2 aromatic rings. The number of likely N-dealkylation sites (N-methyl/N-ethyl adjacent to an activating group) is 1. The molecule has 16 nitrogen and oxygen atoms in total. The van der Waals surface area contributed by atoms with Gasteiger partial charge in [0, 0.05) is 43.0 Å². The fourth-order valence-electron chi connectivity index (χ4n) is 6.81. The van der Waals surface area contributed by atoms with E-state index in [1.54, 1.807) is 19.0 Å². The smallest absolute Gasteiger partial charge is 0.323 e. The summed E-state index contributed by atoms with van der Waals surface area (Å²) >= 11 is 0. The summed E-state index contributed by atoms with van der Waals surface area (Å²) in [5, 5.41) is 61.2. The molecular weight excluding hydrogens is 623 g/mol. The molecule has 3 aliphatic carbocycles. The van der Waals surface area contributed by atoms with Gasteiger partial charge in [0.2, 0.25) is 11.6 Å². The highest BCUT2D eigenvalue weighted by atomic mass is 19.1. The molecule has 0 fully saturated rings. The third kappa shape index (κ3) is 4.99. The molecule has 0 saturated carbocycles. The number of anilines is 3. The highest BCUT2D eigenvalue weighted by molar-refractivity contribution is 6.25. The van der Waals surface area contributed by atoms with Crippen LogP contribution in [0.2, 0.25) is 0 Å². The minimum atomic E-state index is -2.82. The number of ketones is 2. The third-order valence-corrected chi connectivity index (χ3v) is 8.83. The number of halogens is 1. The third-order valence-electron chi connectivity index (χ3n) is 8.83. The minimum Gasteiger partial charge on any atom is -0.510 e. The number of amides is 3. The summed E-state index contributed by atoms with van der Waals surface area (Å²) in [5.74, 6) is -9.26. The summed E-state index contributed by atoms with van der Waals surface area (Å²) in [6, 6.07) is 1.87. The van der Waals surface area contributed by atoms with Crippen molar-refractivity contribution in [3.8, 4) is 5.75 Å². The number of nitro groups is 1. The van der Waals surface area contributed by atoms with Crippen molar-refractivity contribution in [1.29, 1.82) is 0 Å². The molecule has 0 unspecified atom stereocenters. The van der Waals surface area contributed by atoms with Gasteiger partial charge in [-0.1, -0.05) is 0 Å². The number of phenolic OH excluding ortho intramolecular Hbond substituents is 1. The molecule has 47 heavy (non-hydrogen) atoms. The number of rotatable bonds is 6. The van der Waals surface area contributed by atoms with Crippen LogP contribution in [0, 0.1) is 27.8 Å². The van der Waals surface area contributed by atoms with Gasteiger partial charge in [-0.3, -0.25) is 29.4 Å². The molecular formula is C30H31FN6O10. The second kappa shape index (κ2) is 11.4. The summed E-state index contributed by atoms with van der Waals surface area (Å²) in [7, 11) is 6.32. The summed E-state index contributed by atoms with van der Waals surface area (Å²) < 4.78 is 13.8. The zero-order valence-electron chi connectivity index (χ0n) is 25.5. The van der Waals surface area contributed by atoms with Gasteiger partial charge in [-0.2, -0.15) is 4.39 Å². The number of primary amides is 1. The van der Waals surface area contributed by atoms with Gasteiger partial charge in [-0.25, -0.2) is 4.79 Å². The molecule has 2 aromatic carbocycles. The second-order valence-corrected chi connectivity index (χ2v) is 12.0. The Balaban J connectivity index is 1.59. The van der Waals surface area contributed by atoms with E-state index in [1.165, 1.54) is 25.1 Å². The normalized spacial score (nSPS) is 23.6. The van der Waals surface area contributed by atoms with Gasteiger partial charge >= 0.3 is 11.7 Å². The molecule has 5 rings (SSSR count). The van der Waals surface area contributed by atoms with Crippen molar-refractivity contribution in [3.63, 3.8) is 0 Å². The van der Waals surface area contributed by atoms with Crippen molar-refractivity contribution in [2.45, 2.75) is 24.5 Å². The number of aromatic hydroxyl groups is 1. The van der Waals surface area contributed by atoms with E-state index in [2.05, 4.69) is 10.6 Å². The summed E-state index contributed by atoms with van der Waals surface area (Å²) in [4.78, 5) is 65.8. The van der Waals surface area contributed by atoms with Gasteiger partial charge < -0.3 is 41.7 Å². The van der Waals surface area contributed by atoms with Crippen LogP contribution in [0.25, 0.3) is 0 Å². The number of nitrogens with two attached hydrogens (primary N) is 1. The largest absolute Gasteiger partial charge is 0.510 e. The zero-order chi connectivity index (χ0) is 34.9. The van der Waals surface area contributed by atoms with Crippen molar-refractivity contribution in [2.75, 3.05) is 43.7 Å². The Morgan fingerprint density at radius 3 is 2.34 bits per heavy atom. The van der Waals surface area contributed by atoms with Gasteiger partial charge in [0.05, 0.1) is 22.2 Å². The van der Waals surface area contributed by atoms with E-state index in [-0.39, 0.29) is 29.8 Å². The number of aliphatic hydroxyl groups is 3. The number of allylic oxidation sites excluding steroid dienone is 1. The molecule has 17 heteroatoms. The number of nitro benzene ring substituents is 1. The van der Waals surface area contributed by atoms with E-state index < -0.39 is 91.8 Å². The predicted octanol–water partition coefficient (Wildman–Crippen LogP) is 1.88. The Kier molecular flexibility index (Phi) is 7.93. The van der Waals surface area contributed by atoms with Crippen LogP contribution in [0.4, 0.5) is 31.9 Å². The number of phenols is 1. The Labute approximate surface area is 265 Å². The fraction of sp³-hybridized carbons (Fsp3) is 0.333. The van der Waals surface area contributed by atoms with Gasteiger partial charge in [-0.15, -0.1) is 0 Å². The lowest BCUT2D eigenvalue weighted by atomic mass is 9.58. The molecule has 8 N–H and O–H groups in total. The standard InChI is InChI=1S/C30H31FN6O10/c1-35(2)17-10-16(34-29(44)33-12-5-6-15(31)18(9-12)37(46)47)23(38)20-13(17)7-11-8-14-22(36(3)4)25(40)21(28(32)43)27(42)30(14,45)26(41)19(11)24(20)39/h5-6,9-11,14,22,38,40-41,45H,7-8H2,1-4H3,(H2,32,43)(H2,33,34,44)/t11-,14-,22-,30-/m0/s1. The van der Waals surface area contributed by atoms with Crippen LogP contribution in [-0.4, -0.2) is 93.6 Å². The van der Waals surface area contributed by atoms with Crippen LogP contribution in [0.1, 0.15) is 22.3 Å². The molecule has 248 valence electrons. The number of hydrogen-bond acceptors (Lipinski definition) is 12. The lowest BCUT2D eigenvalue weighted by Crippen LogP contribution is -2.63. The maximum atomic E-state index is 14.1. The van der Waals surface area contributed by atoms with Crippen molar-refractivity contribution < 1.29 is 48.9 Å². The van der Waals surface area contributed by atoms with E-state index in [9.17, 15) is 54.1 Å². The quantitative estimate of drug-likeness (QED) is 0.102. The molecule has 0 bridgehead atoms. The van der Waals surface area contributed by atoms with Crippen molar-refractivity contribution in [1.82, 2.24) is 4.90 Å². The first-order chi connectivity index (χ1) is 21.9.